The summed E-state index contributed by atoms with van der Waals surface area (Å²) in [5.41, 5.74) is 2.91. The molecule has 1 atom stereocenters. The van der Waals surface area contributed by atoms with Gasteiger partial charge in [-0.2, -0.15) is 0 Å². The number of carbonyl (C=O) groups is 1. The molecule has 0 aliphatic heterocycles. The summed E-state index contributed by atoms with van der Waals surface area (Å²) in [6.07, 6.45) is 0.964. The third-order valence-electron chi connectivity index (χ3n) is 4.43. The normalized spacial score (nSPS) is 12.1. The molecule has 0 aliphatic carbocycles. The Morgan fingerprint density at radius 2 is 1.74 bits per heavy atom. The average Bonchev–Trinajstić information content (AvgIpc) is 3.10. The predicted molar refractivity (Wildman–Crippen MR) is 112 cm³/mol. The number of benzene rings is 2. The number of nitrogens with zero attached hydrogens (tertiary/aromatic N) is 3. The fourth-order valence-electron chi connectivity index (χ4n) is 2.82. The Morgan fingerprint density at radius 3 is 2.33 bits per heavy atom. The Labute approximate surface area is 169 Å². The number of Topliss-reactive ketones (excluding diaryl/α,β-unsaturated/α-hetero) is 1. The van der Waals surface area contributed by atoms with Crippen molar-refractivity contribution in [1.29, 1.82) is 0 Å². The van der Waals surface area contributed by atoms with Gasteiger partial charge in [0, 0.05) is 22.7 Å². The molecule has 6 heteroatoms. The van der Waals surface area contributed by atoms with Crippen LogP contribution in [0.5, 0.6) is 0 Å². The highest BCUT2D eigenvalue weighted by Gasteiger charge is 2.21. The van der Waals surface area contributed by atoms with Gasteiger partial charge in [-0.25, -0.2) is 0 Å². The van der Waals surface area contributed by atoms with Crippen molar-refractivity contribution in [1.82, 2.24) is 14.8 Å². The summed E-state index contributed by atoms with van der Waals surface area (Å²) in [7, 11) is 0. The molecule has 0 amide bonds. The van der Waals surface area contributed by atoms with E-state index in [-0.39, 0.29) is 11.0 Å². The molecule has 0 bridgehead atoms. The molecule has 0 saturated heterocycles. The van der Waals surface area contributed by atoms with E-state index >= 15 is 0 Å². The maximum absolute atomic E-state index is 12.8. The molecule has 0 aliphatic rings. The Bertz CT molecular complexity index is 920. The zero-order valence-corrected chi connectivity index (χ0v) is 17.2. The SMILES string of the molecule is CCc1ccc(C(=O)C(C)Sc2nnc(-c3ccc(Cl)cc3)n2CC)cc1. The van der Waals surface area contributed by atoms with Crippen molar-refractivity contribution < 1.29 is 4.79 Å². The maximum Gasteiger partial charge on any atom is 0.192 e. The van der Waals surface area contributed by atoms with Gasteiger partial charge in [-0.05, 0) is 50.1 Å². The monoisotopic (exact) mass is 399 g/mol. The summed E-state index contributed by atoms with van der Waals surface area (Å²) in [4.78, 5) is 12.8. The van der Waals surface area contributed by atoms with Crippen LogP contribution in [0.2, 0.25) is 5.02 Å². The van der Waals surface area contributed by atoms with Gasteiger partial charge in [0.05, 0.1) is 5.25 Å². The Hall–Kier alpha value is -2.11. The minimum Gasteiger partial charge on any atom is -0.302 e. The van der Waals surface area contributed by atoms with E-state index in [1.807, 2.05) is 66.9 Å². The van der Waals surface area contributed by atoms with Crippen LogP contribution >= 0.6 is 23.4 Å². The lowest BCUT2D eigenvalue weighted by Gasteiger charge is -2.12. The van der Waals surface area contributed by atoms with E-state index in [0.29, 0.717) is 5.02 Å². The summed E-state index contributed by atoms with van der Waals surface area (Å²) in [5, 5.41) is 9.84. The predicted octanol–water partition coefficient (Wildman–Crippen LogP) is 5.54. The van der Waals surface area contributed by atoms with Crippen LogP contribution in [0.3, 0.4) is 0 Å². The van der Waals surface area contributed by atoms with Crippen molar-refractivity contribution in [2.45, 2.75) is 44.1 Å². The van der Waals surface area contributed by atoms with Crippen LogP contribution < -0.4 is 0 Å². The second kappa shape index (κ2) is 8.72. The third-order valence-corrected chi connectivity index (χ3v) is 5.77. The molecule has 0 spiro atoms. The zero-order valence-electron chi connectivity index (χ0n) is 15.6. The first-order valence-electron chi connectivity index (χ1n) is 9.02. The van der Waals surface area contributed by atoms with E-state index in [2.05, 4.69) is 17.1 Å². The van der Waals surface area contributed by atoms with Crippen LogP contribution in [-0.4, -0.2) is 25.8 Å². The van der Waals surface area contributed by atoms with Gasteiger partial charge in [-0.15, -0.1) is 10.2 Å². The third kappa shape index (κ3) is 4.42. The van der Waals surface area contributed by atoms with Crippen molar-refractivity contribution >= 4 is 29.1 Å². The van der Waals surface area contributed by atoms with Crippen molar-refractivity contribution in [2.24, 2.45) is 0 Å². The van der Waals surface area contributed by atoms with E-state index in [9.17, 15) is 4.79 Å². The summed E-state index contributed by atoms with van der Waals surface area (Å²) < 4.78 is 2.03. The number of hydrogen-bond acceptors (Lipinski definition) is 4. The highest BCUT2D eigenvalue weighted by molar-refractivity contribution is 8.00. The molecule has 1 aromatic heterocycles. The molecule has 0 fully saturated rings. The van der Waals surface area contributed by atoms with E-state index in [0.717, 1.165) is 35.1 Å². The summed E-state index contributed by atoms with van der Waals surface area (Å²) >= 11 is 7.41. The molecule has 27 heavy (non-hydrogen) atoms. The van der Waals surface area contributed by atoms with Crippen LogP contribution in [0.4, 0.5) is 0 Å². The first-order chi connectivity index (χ1) is 13.0. The molecular weight excluding hydrogens is 378 g/mol. The van der Waals surface area contributed by atoms with Crippen LogP contribution in [0.15, 0.2) is 53.7 Å². The minimum atomic E-state index is -0.245. The molecule has 1 heterocycles. The van der Waals surface area contributed by atoms with Gasteiger partial charge in [-0.1, -0.05) is 54.6 Å². The average molecular weight is 400 g/mol. The smallest absolute Gasteiger partial charge is 0.192 e. The maximum atomic E-state index is 12.8. The molecule has 0 saturated carbocycles. The Balaban J connectivity index is 1.80. The molecule has 3 rings (SSSR count). The summed E-state index contributed by atoms with van der Waals surface area (Å²) in [5.74, 6) is 0.880. The van der Waals surface area contributed by atoms with E-state index in [1.54, 1.807) is 0 Å². The highest BCUT2D eigenvalue weighted by atomic mass is 35.5. The number of thioether (sulfide) groups is 1. The second-order valence-corrected chi connectivity index (χ2v) is 7.98. The molecule has 1 unspecified atom stereocenters. The molecule has 0 radical (unpaired) electrons. The van der Waals surface area contributed by atoms with Gasteiger partial charge in [0.25, 0.3) is 0 Å². The zero-order chi connectivity index (χ0) is 19.4. The second-order valence-electron chi connectivity index (χ2n) is 6.23. The number of aryl methyl sites for hydroxylation is 1. The van der Waals surface area contributed by atoms with E-state index in [4.69, 9.17) is 11.6 Å². The molecular formula is C21H22ClN3OS. The Kier molecular flexibility index (Phi) is 6.34. The van der Waals surface area contributed by atoms with Crippen LogP contribution in [-0.2, 0) is 13.0 Å². The largest absolute Gasteiger partial charge is 0.302 e. The summed E-state index contributed by atoms with van der Waals surface area (Å²) in [6, 6.07) is 15.4. The number of carbonyl (C=O) groups excluding carboxylic acids is 1. The summed E-state index contributed by atoms with van der Waals surface area (Å²) in [6.45, 7) is 6.78. The number of aromatic nitrogens is 3. The Morgan fingerprint density at radius 1 is 1.07 bits per heavy atom. The van der Waals surface area contributed by atoms with Gasteiger partial charge in [-0.3, -0.25) is 4.79 Å². The molecule has 140 valence electrons. The highest BCUT2D eigenvalue weighted by Crippen LogP contribution is 2.29. The van der Waals surface area contributed by atoms with Crippen LogP contribution in [0.25, 0.3) is 11.4 Å². The van der Waals surface area contributed by atoms with Crippen molar-refractivity contribution in [2.75, 3.05) is 0 Å². The molecule has 4 nitrogen and oxygen atoms in total. The topological polar surface area (TPSA) is 47.8 Å². The van der Waals surface area contributed by atoms with Gasteiger partial charge >= 0.3 is 0 Å². The number of ketones is 1. The van der Waals surface area contributed by atoms with Crippen molar-refractivity contribution in [3.8, 4) is 11.4 Å². The van der Waals surface area contributed by atoms with Crippen molar-refractivity contribution in [3.63, 3.8) is 0 Å². The van der Waals surface area contributed by atoms with Gasteiger partial charge in [0.1, 0.15) is 0 Å². The van der Waals surface area contributed by atoms with Crippen LogP contribution in [0.1, 0.15) is 36.7 Å². The molecule has 0 N–H and O–H groups in total. The standard InChI is InChI=1S/C21H22ClN3OS/c1-4-15-6-8-16(9-7-15)19(26)14(3)27-21-24-23-20(25(21)5-2)17-10-12-18(22)13-11-17/h6-14H,4-5H2,1-3H3. The number of halogens is 1. The molecule has 3 aromatic rings. The lowest BCUT2D eigenvalue weighted by molar-refractivity contribution is 0.0994. The van der Waals surface area contributed by atoms with Crippen LogP contribution in [0, 0.1) is 0 Å². The van der Waals surface area contributed by atoms with E-state index in [1.165, 1.54) is 17.3 Å². The lowest BCUT2D eigenvalue weighted by Crippen LogP contribution is -2.14. The minimum absolute atomic E-state index is 0.0985. The van der Waals surface area contributed by atoms with Gasteiger partial charge in [0.15, 0.2) is 16.8 Å². The van der Waals surface area contributed by atoms with Gasteiger partial charge < -0.3 is 4.57 Å². The first-order valence-corrected chi connectivity index (χ1v) is 10.3. The molecule has 2 aromatic carbocycles. The lowest BCUT2D eigenvalue weighted by atomic mass is 10.1. The van der Waals surface area contributed by atoms with Crippen molar-refractivity contribution in [3.05, 3.63) is 64.7 Å². The fourth-order valence-corrected chi connectivity index (χ4v) is 3.94. The van der Waals surface area contributed by atoms with E-state index < -0.39 is 0 Å². The first kappa shape index (κ1) is 19.6. The van der Waals surface area contributed by atoms with Gasteiger partial charge in [0.2, 0.25) is 0 Å². The fraction of sp³-hybridized carbons (Fsp3) is 0.286. The number of rotatable bonds is 7. The quantitative estimate of drug-likeness (QED) is 0.386. The number of hydrogen-bond donors (Lipinski definition) is 0.